The number of amides is 1. The van der Waals surface area contributed by atoms with E-state index in [0.717, 1.165) is 25.9 Å². The summed E-state index contributed by atoms with van der Waals surface area (Å²) in [5, 5.41) is 8.65. The first-order valence-corrected chi connectivity index (χ1v) is 6.99. The highest BCUT2D eigenvalue weighted by molar-refractivity contribution is 5.86. The number of carbonyl (C=O) groups excluding carboxylic acids is 1. The highest BCUT2D eigenvalue weighted by atomic mass is 16.4. The van der Waals surface area contributed by atoms with Crippen molar-refractivity contribution in [1.82, 2.24) is 9.80 Å². The van der Waals surface area contributed by atoms with Gasteiger partial charge in [-0.25, -0.2) is 0 Å². The van der Waals surface area contributed by atoms with E-state index in [9.17, 15) is 9.59 Å². The Hall–Kier alpha value is -1.14. The number of hydrogen-bond acceptors (Lipinski definition) is 4. The van der Waals surface area contributed by atoms with Crippen LogP contribution in [-0.4, -0.2) is 65.0 Å². The molecule has 3 N–H and O–H groups in total. The van der Waals surface area contributed by atoms with Crippen molar-refractivity contribution < 1.29 is 14.7 Å². The summed E-state index contributed by atoms with van der Waals surface area (Å²) in [4.78, 5) is 26.6. The van der Waals surface area contributed by atoms with Gasteiger partial charge in [0, 0.05) is 19.1 Å². The minimum atomic E-state index is -1.03. The van der Waals surface area contributed by atoms with E-state index in [1.807, 2.05) is 0 Å². The van der Waals surface area contributed by atoms with Crippen LogP contribution in [0.2, 0.25) is 0 Å². The number of carboxylic acid groups (broad SMARTS) is 1. The molecular formula is C13H25N3O3. The molecule has 19 heavy (non-hydrogen) atoms. The summed E-state index contributed by atoms with van der Waals surface area (Å²) >= 11 is 0. The third-order valence-corrected chi connectivity index (χ3v) is 3.82. The number of piperidine rings is 1. The van der Waals surface area contributed by atoms with Crippen molar-refractivity contribution in [1.29, 1.82) is 0 Å². The molecule has 0 spiro atoms. The summed E-state index contributed by atoms with van der Waals surface area (Å²) in [7, 11) is 0. The molecule has 0 aliphatic carbocycles. The number of carbonyl (C=O) groups is 2. The fraction of sp³-hybridized carbons (Fsp3) is 0.846. The van der Waals surface area contributed by atoms with Crippen LogP contribution in [0.25, 0.3) is 0 Å². The monoisotopic (exact) mass is 271 g/mol. The van der Waals surface area contributed by atoms with Crippen molar-refractivity contribution in [3.63, 3.8) is 0 Å². The summed E-state index contributed by atoms with van der Waals surface area (Å²) in [5.74, 6) is -1.26. The average molecular weight is 271 g/mol. The van der Waals surface area contributed by atoms with E-state index in [-0.39, 0.29) is 12.3 Å². The van der Waals surface area contributed by atoms with Crippen LogP contribution in [0, 0.1) is 0 Å². The van der Waals surface area contributed by atoms with Crippen LogP contribution in [-0.2, 0) is 9.59 Å². The molecule has 1 heterocycles. The molecule has 110 valence electrons. The minimum absolute atomic E-state index is 0.236. The van der Waals surface area contributed by atoms with Gasteiger partial charge in [-0.1, -0.05) is 13.8 Å². The Labute approximate surface area is 114 Å². The van der Waals surface area contributed by atoms with Crippen LogP contribution in [0.4, 0.5) is 0 Å². The second-order valence-corrected chi connectivity index (χ2v) is 4.98. The third-order valence-electron chi connectivity index (χ3n) is 3.82. The lowest BCUT2D eigenvalue weighted by Gasteiger charge is -2.38. The molecule has 1 fully saturated rings. The zero-order valence-electron chi connectivity index (χ0n) is 11.8. The van der Waals surface area contributed by atoms with E-state index in [1.165, 1.54) is 0 Å². The van der Waals surface area contributed by atoms with Crippen LogP contribution >= 0.6 is 0 Å². The first-order valence-electron chi connectivity index (χ1n) is 6.99. The molecular weight excluding hydrogens is 246 g/mol. The topological polar surface area (TPSA) is 86.9 Å². The number of nitrogens with two attached hydrogens (primary N) is 1. The van der Waals surface area contributed by atoms with Gasteiger partial charge in [-0.05, 0) is 25.9 Å². The molecule has 1 unspecified atom stereocenters. The number of rotatable bonds is 6. The van der Waals surface area contributed by atoms with E-state index in [1.54, 1.807) is 4.90 Å². The molecule has 0 aromatic rings. The summed E-state index contributed by atoms with van der Waals surface area (Å²) in [5.41, 5.74) is 5.61. The van der Waals surface area contributed by atoms with Crippen molar-refractivity contribution >= 4 is 11.9 Å². The molecule has 6 heteroatoms. The SMILES string of the molecule is CCN(CC)C1CCN(C(=O)C(N)CC(=O)O)CC1. The fourth-order valence-corrected chi connectivity index (χ4v) is 2.70. The molecule has 0 aromatic carbocycles. The fourth-order valence-electron chi connectivity index (χ4n) is 2.70. The predicted octanol–water partition coefficient (Wildman–Crippen LogP) is 0.121. The second kappa shape index (κ2) is 7.45. The highest BCUT2D eigenvalue weighted by Crippen LogP contribution is 2.17. The Morgan fingerprint density at radius 2 is 1.84 bits per heavy atom. The van der Waals surface area contributed by atoms with Gasteiger partial charge in [0.2, 0.25) is 5.91 Å². The van der Waals surface area contributed by atoms with Crippen LogP contribution in [0.5, 0.6) is 0 Å². The molecule has 6 nitrogen and oxygen atoms in total. The first kappa shape index (κ1) is 15.9. The van der Waals surface area contributed by atoms with Gasteiger partial charge in [0.1, 0.15) is 0 Å². The zero-order chi connectivity index (χ0) is 14.4. The van der Waals surface area contributed by atoms with Gasteiger partial charge in [0.05, 0.1) is 12.5 Å². The van der Waals surface area contributed by atoms with Crippen molar-refractivity contribution in [2.75, 3.05) is 26.2 Å². The van der Waals surface area contributed by atoms with E-state index in [0.29, 0.717) is 19.1 Å². The Bertz CT molecular complexity index is 310. The summed E-state index contributed by atoms with van der Waals surface area (Å²) in [6.45, 7) is 7.68. The van der Waals surface area contributed by atoms with Crippen LogP contribution in [0.15, 0.2) is 0 Å². The summed E-state index contributed by atoms with van der Waals surface area (Å²) in [6, 6.07) is -0.391. The zero-order valence-corrected chi connectivity index (χ0v) is 11.8. The van der Waals surface area contributed by atoms with Crippen molar-refractivity contribution in [2.24, 2.45) is 5.73 Å². The van der Waals surface area contributed by atoms with Crippen molar-refractivity contribution in [3.8, 4) is 0 Å². The number of carboxylic acids is 1. The van der Waals surface area contributed by atoms with E-state index in [4.69, 9.17) is 10.8 Å². The lowest BCUT2D eigenvalue weighted by atomic mass is 10.0. The molecule has 0 bridgehead atoms. The molecule has 1 aliphatic rings. The highest BCUT2D eigenvalue weighted by Gasteiger charge is 2.28. The summed E-state index contributed by atoms with van der Waals surface area (Å²) in [6.07, 6.45) is 1.58. The lowest BCUT2D eigenvalue weighted by Crippen LogP contribution is -2.51. The van der Waals surface area contributed by atoms with Gasteiger partial charge >= 0.3 is 5.97 Å². The maximum atomic E-state index is 12.0. The Kier molecular flexibility index (Phi) is 6.24. The third kappa shape index (κ3) is 4.47. The van der Waals surface area contributed by atoms with Crippen LogP contribution in [0.3, 0.4) is 0 Å². The smallest absolute Gasteiger partial charge is 0.305 e. The number of likely N-dealkylation sites (tertiary alicyclic amines) is 1. The maximum Gasteiger partial charge on any atom is 0.305 e. The molecule has 1 atom stereocenters. The van der Waals surface area contributed by atoms with E-state index >= 15 is 0 Å². The molecule has 1 amide bonds. The summed E-state index contributed by atoms with van der Waals surface area (Å²) < 4.78 is 0. The molecule has 1 aliphatic heterocycles. The average Bonchev–Trinajstić information content (AvgIpc) is 2.39. The first-order chi connectivity index (χ1) is 8.99. The number of hydrogen-bond donors (Lipinski definition) is 2. The van der Waals surface area contributed by atoms with Crippen molar-refractivity contribution in [2.45, 2.75) is 45.2 Å². The largest absolute Gasteiger partial charge is 0.481 e. The Morgan fingerprint density at radius 3 is 2.26 bits per heavy atom. The molecule has 0 radical (unpaired) electrons. The predicted molar refractivity (Wildman–Crippen MR) is 72.8 cm³/mol. The van der Waals surface area contributed by atoms with E-state index in [2.05, 4.69) is 18.7 Å². The van der Waals surface area contributed by atoms with Gasteiger partial charge in [-0.2, -0.15) is 0 Å². The number of nitrogens with zero attached hydrogens (tertiary/aromatic N) is 2. The lowest BCUT2D eigenvalue weighted by molar-refractivity contribution is -0.142. The molecule has 1 rings (SSSR count). The minimum Gasteiger partial charge on any atom is -0.481 e. The van der Waals surface area contributed by atoms with Crippen LogP contribution in [0.1, 0.15) is 33.1 Å². The molecule has 1 saturated heterocycles. The number of aliphatic carboxylic acids is 1. The van der Waals surface area contributed by atoms with Gasteiger partial charge in [0.25, 0.3) is 0 Å². The van der Waals surface area contributed by atoms with Crippen LogP contribution < -0.4 is 5.73 Å². The Balaban J connectivity index is 2.45. The van der Waals surface area contributed by atoms with Gasteiger partial charge in [-0.15, -0.1) is 0 Å². The van der Waals surface area contributed by atoms with Gasteiger partial charge < -0.3 is 20.6 Å². The standard InChI is InChI=1S/C13H25N3O3/c1-3-15(4-2)10-5-7-16(8-6-10)13(19)11(14)9-12(17)18/h10-11H,3-9,14H2,1-2H3,(H,17,18). The quantitative estimate of drug-likeness (QED) is 0.716. The van der Waals surface area contributed by atoms with Crippen molar-refractivity contribution in [3.05, 3.63) is 0 Å². The van der Waals surface area contributed by atoms with Gasteiger partial charge in [0.15, 0.2) is 0 Å². The second-order valence-electron chi connectivity index (χ2n) is 4.98. The van der Waals surface area contributed by atoms with Gasteiger partial charge in [-0.3, -0.25) is 9.59 Å². The maximum absolute atomic E-state index is 12.0. The Morgan fingerprint density at radius 1 is 1.32 bits per heavy atom. The molecule has 0 aromatic heterocycles. The molecule has 0 saturated carbocycles. The van der Waals surface area contributed by atoms with E-state index < -0.39 is 12.0 Å². The normalized spacial score (nSPS) is 18.6.